The lowest BCUT2D eigenvalue weighted by Gasteiger charge is -2.37. The van der Waals surface area contributed by atoms with E-state index in [1.807, 2.05) is 13.8 Å². The van der Waals surface area contributed by atoms with Gasteiger partial charge in [-0.2, -0.15) is 13.2 Å². The van der Waals surface area contributed by atoms with E-state index in [0.29, 0.717) is 23.2 Å². The van der Waals surface area contributed by atoms with Crippen LogP contribution in [0.4, 0.5) is 18.0 Å². The van der Waals surface area contributed by atoms with Crippen molar-refractivity contribution in [2.24, 2.45) is 0 Å². The smallest absolute Gasteiger partial charge is 0.416 e. The van der Waals surface area contributed by atoms with Gasteiger partial charge in [0.25, 0.3) is 0 Å². The molecule has 0 radical (unpaired) electrons. The van der Waals surface area contributed by atoms with E-state index >= 15 is 0 Å². The second-order valence-corrected chi connectivity index (χ2v) is 7.94. The highest BCUT2D eigenvalue weighted by atomic mass is 79.9. The van der Waals surface area contributed by atoms with E-state index < -0.39 is 23.4 Å². The fraction of sp³-hybridized carbons (Fsp3) is 0.611. The fourth-order valence-corrected chi connectivity index (χ4v) is 4.17. The monoisotopic (exact) mass is 435 g/mol. The third-order valence-electron chi connectivity index (χ3n) is 5.10. The van der Waals surface area contributed by atoms with Gasteiger partial charge in [0.05, 0.1) is 30.9 Å². The first-order valence-corrected chi connectivity index (χ1v) is 9.40. The van der Waals surface area contributed by atoms with Gasteiger partial charge >= 0.3 is 12.3 Å². The molecule has 0 saturated carbocycles. The van der Waals surface area contributed by atoms with Crippen molar-refractivity contribution in [1.29, 1.82) is 0 Å². The summed E-state index contributed by atoms with van der Waals surface area (Å²) in [5.74, 6) is -0.330. The molecule has 0 aliphatic carbocycles. The SMILES string of the molecule is CCCCOC(=O)N1CC2c3cc(Br)cc(C(F)(F)F)c3COC2(C)C1. The van der Waals surface area contributed by atoms with Gasteiger partial charge < -0.3 is 14.4 Å². The van der Waals surface area contributed by atoms with E-state index in [9.17, 15) is 18.0 Å². The van der Waals surface area contributed by atoms with Crippen molar-refractivity contribution in [1.82, 2.24) is 4.90 Å². The van der Waals surface area contributed by atoms with Gasteiger partial charge in [0.15, 0.2) is 0 Å². The highest BCUT2D eigenvalue weighted by Crippen LogP contribution is 2.48. The molecule has 4 nitrogen and oxygen atoms in total. The third-order valence-corrected chi connectivity index (χ3v) is 5.56. The summed E-state index contributed by atoms with van der Waals surface area (Å²) >= 11 is 3.19. The fourth-order valence-electron chi connectivity index (χ4n) is 3.69. The maximum absolute atomic E-state index is 13.4. The Labute approximate surface area is 158 Å². The zero-order valence-electron chi connectivity index (χ0n) is 14.7. The summed E-state index contributed by atoms with van der Waals surface area (Å²) in [6.45, 7) is 4.64. The lowest BCUT2D eigenvalue weighted by atomic mass is 9.80. The van der Waals surface area contributed by atoms with Crippen LogP contribution in [-0.4, -0.2) is 36.3 Å². The molecule has 1 amide bonds. The second-order valence-electron chi connectivity index (χ2n) is 7.02. The van der Waals surface area contributed by atoms with Crippen molar-refractivity contribution in [2.75, 3.05) is 19.7 Å². The molecule has 3 rings (SSSR count). The van der Waals surface area contributed by atoms with Gasteiger partial charge in [-0.3, -0.25) is 0 Å². The number of carbonyl (C=O) groups is 1. The van der Waals surface area contributed by atoms with Crippen LogP contribution in [0.5, 0.6) is 0 Å². The molecule has 1 saturated heterocycles. The number of hydrogen-bond acceptors (Lipinski definition) is 3. The van der Waals surface area contributed by atoms with Gasteiger partial charge in [-0.05, 0) is 36.6 Å². The largest absolute Gasteiger partial charge is 0.449 e. The lowest BCUT2D eigenvalue weighted by Crippen LogP contribution is -2.41. The normalized spacial score (nSPS) is 25.0. The summed E-state index contributed by atoms with van der Waals surface area (Å²) in [6.07, 6.45) is -3.20. The van der Waals surface area contributed by atoms with Gasteiger partial charge in [0.2, 0.25) is 0 Å². The predicted molar refractivity (Wildman–Crippen MR) is 92.9 cm³/mol. The van der Waals surface area contributed by atoms with Gasteiger partial charge in [-0.15, -0.1) is 0 Å². The molecule has 8 heteroatoms. The third kappa shape index (κ3) is 3.58. The van der Waals surface area contributed by atoms with Crippen molar-refractivity contribution in [2.45, 2.75) is 51.0 Å². The van der Waals surface area contributed by atoms with Crippen molar-refractivity contribution in [3.8, 4) is 0 Å². The molecule has 2 aliphatic heterocycles. The number of hydrogen-bond donors (Lipinski definition) is 0. The Morgan fingerprint density at radius 1 is 1.46 bits per heavy atom. The minimum Gasteiger partial charge on any atom is -0.449 e. The Balaban J connectivity index is 1.89. The highest BCUT2D eigenvalue weighted by molar-refractivity contribution is 9.10. The molecule has 144 valence electrons. The molecular weight excluding hydrogens is 415 g/mol. The molecule has 1 fully saturated rings. The first kappa shape index (κ1) is 19.5. The number of nitrogens with zero attached hydrogens (tertiary/aromatic N) is 1. The predicted octanol–water partition coefficient (Wildman–Crippen LogP) is 5.09. The first-order valence-electron chi connectivity index (χ1n) is 8.61. The Morgan fingerprint density at radius 2 is 2.19 bits per heavy atom. The summed E-state index contributed by atoms with van der Waals surface area (Å²) in [4.78, 5) is 13.8. The van der Waals surface area contributed by atoms with Crippen LogP contribution in [-0.2, 0) is 22.3 Å². The summed E-state index contributed by atoms with van der Waals surface area (Å²) in [5.41, 5.74) is -0.665. The standard InChI is InChI=1S/C18H21BrF3NO3/c1-3-4-5-25-16(24)23-8-15-12-6-11(19)7-14(18(20,21)22)13(12)9-26-17(15,2)10-23/h6-7,15H,3-5,8-10H2,1-2H3. The summed E-state index contributed by atoms with van der Waals surface area (Å²) in [5, 5.41) is 0. The highest BCUT2D eigenvalue weighted by Gasteiger charge is 2.51. The Morgan fingerprint density at radius 3 is 2.85 bits per heavy atom. The number of fused-ring (bicyclic) bond motifs is 3. The molecule has 0 aromatic heterocycles. The van der Waals surface area contributed by atoms with Gasteiger partial charge in [-0.1, -0.05) is 29.3 Å². The van der Waals surface area contributed by atoms with Crippen LogP contribution in [0.1, 0.15) is 49.3 Å². The molecule has 0 N–H and O–H groups in total. The molecule has 26 heavy (non-hydrogen) atoms. The Hall–Kier alpha value is -1.28. The first-order chi connectivity index (χ1) is 12.2. The van der Waals surface area contributed by atoms with Crippen LogP contribution in [0.15, 0.2) is 16.6 Å². The van der Waals surface area contributed by atoms with E-state index in [-0.39, 0.29) is 24.6 Å². The molecule has 1 aromatic carbocycles. The summed E-state index contributed by atoms with van der Waals surface area (Å²) in [6, 6.07) is 2.79. The quantitative estimate of drug-likeness (QED) is 0.620. The number of halogens is 4. The van der Waals surface area contributed by atoms with Crippen LogP contribution >= 0.6 is 15.9 Å². The van der Waals surface area contributed by atoms with Crippen LogP contribution in [0.3, 0.4) is 0 Å². The van der Waals surface area contributed by atoms with Gasteiger partial charge in [0.1, 0.15) is 0 Å². The number of likely N-dealkylation sites (tertiary alicyclic amines) is 1. The number of benzene rings is 1. The molecule has 2 unspecified atom stereocenters. The molecule has 0 bridgehead atoms. The van der Waals surface area contributed by atoms with Crippen molar-refractivity contribution in [3.63, 3.8) is 0 Å². The molecule has 0 spiro atoms. The average molecular weight is 436 g/mol. The van der Waals surface area contributed by atoms with Gasteiger partial charge in [0, 0.05) is 16.9 Å². The maximum atomic E-state index is 13.4. The summed E-state index contributed by atoms with van der Waals surface area (Å²) in [7, 11) is 0. The summed E-state index contributed by atoms with van der Waals surface area (Å²) < 4.78 is 51.7. The number of amides is 1. The molecule has 2 atom stereocenters. The molecule has 2 aliphatic rings. The van der Waals surface area contributed by atoms with Gasteiger partial charge in [-0.25, -0.2) is 4.79 Å². The zero-order chi connectivity index (χ0) is 19.1. The minimum atomic E-state index is -4.46. The van der Waals surface area contributed by atoms with Crippen LogP contribution in [0.2, 0.25) is 0 Å². The van der Waals surface area contributed by atoms with E-state index in [1.165, 1.54) is 4.90 Å². The number of carbonyl (C=O) groups excluding carboxylic acids is 1. The number of rotatable bonds is 3. The average Bonchev–Trinajstić information content (AvgIpc) is 2.91. The Bertz CT molecular complexity index is 710. The number of unbranched alkanes of at least 4 members (excludes halogenated alkanes) is 1. The topological polar surface area (TPSA) is 38.8 Å². The second kappa shape index (κ2) is 7.03. The van der Waals surface area contributed by atoms with Crippen LogP contribution < -0.4 is 0 Å². The maximum Gasteiger partial charge on any atom is 0.416 e. The Kier molecular flexibility index (Phi) is 5.27. The van der Waals surface area contributed by atoms with E-state index in [2.05, 4.69) is 15.9 Å². The minimum absolute atomic E-state index is 0.122. The van der Waals surface area contributed by atoms with E-state index in [0.717, 1.165) is 18.9 Å². The number of ether oxygens (including phenoxy) is 2. The van der Waals surface area contributed by atoms with Crippen LogP contribution in [0, 0.1) is 0 Å². The van der Waals surface area contributed by atoms with E-state index in [1.54, 1.807) is 6.07 Å². The zero-order valence-corrected chi connectivity index (χ0v) is 16.2. The number of alkyl halides is 3. The molecular formula is C18H21BrF3NO3. The molecule has 1 aromatic rings. The lowest BCUT2D eigenvalue weighted by molar-refractivity contribution is -0.141. The van der Waals surface area contributed by atoms with Crippen molar-refractivity contribution in [3.05, 3.63) is 33.3 Å². The van der Waals surface area contributed by atoms with Crippen molar-refractivity contribution >= 4 is 22.0 Å². The molecule has 2 heterocycles. The van der Waals surface area contributed by atoms with Crippen LogP contribution in [0.25, 0.3) is 0 Å². The van der Waals surface area contributed by atoms with E-state index in [4.69, 9.17) is 9.47 Å². The van der Waals surface area contributed by atoms with Crippen molar-refractivity contribution < 1.29 is 27.4 Å².